The summed E-state index contributed by atoms with van der Waals surface area (Å²) in [4.78, 5) is 38.4. The van der Waals surface area contributed by atoms with Crippen molar-refractivity contribution in [1.82, 2.24) is 0 Å². The lowest BCUT2D eigenvalue weighted by molar-refractivity contribution is -0.167. The Morgan fingerprint density at radius 1 is 0.269 bits per heavy atom. The number of carbonyl (C=O) groups is 3. The van der Waals surface area contributed by atoms with E-state index in [-0.39, 0.29) is 31.1 Å². The molecule has 0 saturated carbocycles. The van der Waals surface area contributed by atoms with Crippen LogP contribution >= 0.6 is 0 Å². The van der Waals surface area contributed by atoms with Crippen LogP contribution in [-0.2, 0) is 28.6 Å². The van der Waals surface area contributed by atoms with E-state index in [9.17, 15) is 14.4 Å². The Morgan fingerprint density at radius 3 is 0.795 bits per heavy atom. The molecule has 0 amide bonds. The first kappa shape index (κ1) is 75.1. The summed E-state index contributed by atoms with van der Waals surface area (Å²) in [6.07, 6.45) is 85.3. The number of carbonyl (C=O) groups excluding carboxylic acids is 3. The van der Waals surface area contributed by atoms with Gasteiger partial charge in [0.25, 0.3) is 0 Å². The monoisotopic (exact) mass is 1090 g/mol. The number of ether oxygens (including phenoxy) is 3. The number of unbranched alkanes of at least 4 members (excludes halogenated alkanes) is 42. The molecule has 454 valence electrons. The van der Waals surface area contributed by atoms with Crippen molar-refractivity contribution in [3.63, 3.8) is 0 Å². The average Bonchev–Trinajstić information content (AvgIpc) is 3.44. The highest BCUT2D eigenvalue weighted by atomic mass is 16.6. The predicted octanol–water partition coefficient (Wildman–Crippen LogP) is 23.5. The first-order valence-corrected chi connectivity index (χ1v) is 34.3. The van der Waals surface area contributed by atoms with E-state index in [0.29, 0.717) is 19.3 Å². The van der Waals surface area contributed by atoms with E-state index in [2.05, 4.69) is 81.5 Å². The molecule has 0 radical (unpaired) electrons. The Morgan fingerprint density at radius 2 is 0.500 bits per heavy atom. The van der Waals surface area contributed by atoms with Gasteiger partial charge in [0.2, 0.25) is 0 Å². The Labute approximate surface area is 485 Å². The summed E-state index contributed by atoms with van der Waals surface area (Å²) in [6, 6.07) is 0. The number of hydrogen-bond donors (Lipinski definition) is 0. The zero-order valence-electron chi connectivity index (χ0n) is 52.2. The van der Waals surface area contributed by atoms with E-state index in [1.807, 2.05) is 0 Å². The Hall–Kier alpha value is -2.89. The summed E-state index contributed by atoms with van der Waals surface area (Å²) >= 11 is 0. The molecule has 0 N–H and O–H groups in total. The first-order valence-electron chi connectivity index (χ1n) is 34.3. The molecule has 0 aromatic carbocycles. The third-order valence-corrected chi connectivity index (χ3v) is 15.3. The maximum atomic E-state index is 12.9. The topological polar surface area (TPSA) is 78.9 Å². The second kappa shape index (κ2) is 66.6. The highest BCUT2D eigenvalue weighted by molar-refractivity contribution is 5.71. The largest absolute Gasteiger partial charge is 0.462 e. The van der Waals surface area contributed by atoms with Crippen molar-refractivity contribution in [3.8, 4) is 0 Å². The zero-order chi connectivity index (χ0) is 56.4. The van der Waals surface area contributed by atoms with Crippen LogP contribution in [0.1, 0.15) is 361 Å². The SMILES string of the molecule is CC/C=C\C/C=C\C/C=C\C/C=C\CCCCCCC(=O)OC(COC(=O)CCCCCCCCC/C=C\CCCCCCCC)COC(=O)CCCCCCCCCCCCCCCCCCCCCCCCCCCC. The van der Waals surface area contributed by atoms with E-state index >= 15 is 0 Å². The van der Waals surface area contributed by atoms with E-state index in [4.69, 9.17) is 14.2 Å². The summed E-state index contributed by atoms with van der Waals surface area (Å²) < 4.78 is 17.0. The van der Waals surface area contributed by atoms with Crippen LogP contribution in [0.15, 0.2) is 60.8 Å². The maximum absolute atomic E-state index is 12.9. The van der Waals surface area contributed by atoms with Crippen LogP contribution in [0.2, 0.25) is 0 Å². The zero-order valence-corrected chi connectivity index (χ0v) is 52.2. The van der Waals surface area contributed by atoms with Crippen LogP contribution < -0.4 is 0 Å². The van der Waals surface area contributed by atoms with Crippen LogP contribution in [0.5, 0.6) is 0 Å². The van der Waals surface area contributed by atoms with E-state index in [0.717, 1.165) is 96.3 Å². The fraction of sp³-hybridized carbons (Fsp3) is 0.819. The van der Waals surface area contributed by atoms with Gasteiger partial charge in [0.15, 0.2) is 6.10 Å². The predicted molar refractivity (Wildman–Crippen MR) is 339 cm³/mol. The summed E-state index contributed by atoms with van der Waals surface area (Å²) in [7, 11) is 0. The van der Waals surface area contributed by atoms with Crippen LogP contribution in [0, 0.1) is 0 Å². The molecular formula is C72H130O6. The molecule has 0 rings (SSSR count). The quantitative estimate of drug-likeness (QED) is 0.0261. The van der Waals surface area contributed by atoms with Crippen molar-refractivity contribution in [2.45, 2.75) is 367 Å². The van der Waals surface area contributed by atoms with Gasteiger partial charge in [-0.1, -0.05) is 319 Å². The van der Waals surface area contributed by atoms with Gasteiger partial charge in [0, 0.05) is 19.3 Å². The lowest BCUT2D eigenvalue weighted by Crippen LogP contribution is -2.30. The van der Waals surface area contributed by atoms with Crippen LogP contribution in [-0.4, -0.2) is 37.2 Å². The minimum Gasteiger partial charge on any atom is -0.462 e. The second-order valence-electron chi connectivity index (χ2n) is 23.1. The van der Waals surface area contributed by atoms with Crippen molar-refractivity contribution in [2.24, 2.45) is 0 Å². The Bertz CT molecular complexity index is 1390. The summed E-state index contributed by atoms with van der Waals surface area (Å²) in [5.41, 5.74) is 0. The normalized spacial score (nSPS) is 12.4. The Kier molecular flexibility index (Phi) is 64.2. The van der Waals surface area contributed by atoms with E-state index in [1.165, 1.54) is 225 Å². The van der Waals surface area contributed by atoms with Crippen molar-refractivity contribution < 1.29 is 28.6 Å². The van der Waals surface area contributed by atoms with Gasteiger partial charge in [0.05, 0.1) is 0 Å². The number of rotatable bonds is 63. The molecule has 1 unspecified atom stereocenters. The molecular weight excluding hydrogens is 961 g/mol. The van der Waals surface area contributed by atoms with Gasteiger partial charge >= 0.3 is 17.9 Å². The Balaban J connectivity index is 4.29. The molecule has 0 aliphatic heterocycles. The third-order valence-electron chi connectivity index (χ3n) is 15.3. The van der Waals surface area contributed by atoms with Gasteiger partial charge < -0.3 is 14.2 Å². The van der Waals surface area contributed by atoms with E-state index < -0.39 is 6.10 Å². The van der Waals surface area contributed by atoms with Crippen molar-refractivity contribution in [2.75, 3.05) is 13.2 Å². The highest BCUT2D eigenvalue weighted by Crippen LogP contribution is 2.18. The fourth-order valence-electron chi connectivity index (χ4n) is 10.1. The third kappa shape index (κ3) is 63.9. The van der Waals surface area contributed by atoms with Crippen LogP contribution in [0.4, 0.5) is 0 Å². The van der Waals surface area contributed by atoms with Crippen LogP contribution in [0.25, 0.3) is 0 Å². The molecule has 78 heavy (non-hydrogen) atoms. The smallest absolute Gasteiger partial charge is 0.306 e. The number of esters is 3. The van der Waals surface area contributed by atoms with E-state index in [1.54, 1.807) is 0 Å². The lowest BCUT2D eigenvalue weighted by atomic mass is 10.0. The molecule has 0 bridgehead atoms. The van der Waals surface area contributed by atoms with Gasteiger partial charge in [-0.15, -0.1) is 0 Å². The van der Waals surface area contributed by atoms with Crippen molar-refractivity contribution in [3.05, 3.63) is 60.8 Å². The van der Waals surface area contributed by atoms with Gasteiger partial charge in [-0.05, 0) is 83.5 Å². The molecule has 0 aliphatic carbocycles. The van der Waals surface area contributed by atoms with Crippen molar-refractivity contribution in [1.29, 1.82) is 0 Å². The van der Waals surface area contributed by atoms with Gasteiger partial charge in [-0.25, -0.2) is 0 Å². The molecule has 6 nitrogen and oxygen atoms in total. The minimum absolute atomic E-state index is 0.0822. The van der Waals surface area contributed by atoms with Crippen molar-refractivity contribution >= 4 is 17.9 Å². The second-order valence-corrected chi connectivity index (χ2v) is 23.1. The molecule has 0 aromatic rings. The average molecular weight is 1090 g/mol. The fourth-order valence-corrected chi connectivity index (χ4v) is 10.1. The molecule has 6 heteroatoms. The number of hydrogen-bond acceptors (Lipinski definition) is 6. The molecule has 0 fully saturated rings. The first-order chi connectivity index (χ1) is 38.5. The van der Waals surface area contributed by atoms with Gasteiger partial charge in [-0.2, -0.15) is 0 Å². The highest BCUT2D eigenvalue weighted by Gasteiger charge is 2.19. The molecule has 0 heterocycles. The standard InChI is InChI=1S/C72H130O6/c1-4-7-10-13-16-19-22-25-28-31-32-33-34-35-36-37-38-39-42-44-47-50-53-56-59-62-65-71(74)77-68-69(78-72(75)66-63-60-57-54-51-48-45-41-30-27-24-21-18-15-12-9-6-3)67-76-70(73)64-61-58-55-52-49-46-43-40-29-26-23-20-17-14-11-8-5-2/h9,12,18,21,26-27,29-30,45,48,69H,4-8,10-11,13-17,19-20,22-25,28,31-44,46-47,49-68H2,1-3H3/b12-9-,21-18-,29-26-,30-27-,48-45-. The number of allylic oxidation sites excluding steroid dienone is 10. The van der Waals surface area contributed by atoms with Gasteiger partial charge in [-0.3, -0.25) is 14.4 Å². The molecule has 0 saturated heterocycles. The van der Waals surface area contributed by atoms with Crippen LogP contribution in [0.3, 0.4) is 0 Å². The summed E-state index contributed by atoms with van der Waals surface area (Å²) in [5.74, 6) is -0.889. The van der Waals surface area contributed by atoms with Gasteiger partial charge in [0.1, 0.15) is 13.2 Å². The summed E-state index contributed by atoms with van der Waals surface area (Å²) in [6.45, 7) is 6.56. The molecule has 0 spiro atoms. The molecule has 0 aliphatic rings. The molecule has 1 atom stereocenters. The maximum Gasteiger partial charge on any atom is 0.306 e. The minimum atomic E-state index is -0.789. The summed E-state index contributed by atoms with van der Waals surface area (Å²) in [5, 5.41) is 0. The lowest BCUT2D eigenvalue weighted by Gasteiger charge is -2.18. The molecule has 0 aromatic heterocycles.